The summed E-state index contributed by atoms with van der Waals surface area (Å²) in [5.74, 6) is -0.0728. The molecule has 1 aromatic rings. The van der Waals surface area contributed by atoms with Crippen molar-refractivity contribution in [3.05, 3.63) is 29.8 Å². The Balaban J connectivity index is 1.98. The minimum absolute atomic E-state index is 0.0728. The van der Waals surface area contributed by atoms with E-state index in [0.29, 0.717) is 24.4 Å². The third kappa shape index (κ3) is 4.49. The number of rotatable bonds is 4. The number of carbonyl (C=O) groups excluding carboxylic acids is 1. The fourth-order valence-electron chi connectivity index (χ4n) is 2.45. The smallest absolute Gasteiger partial charge is 0.238 e. The highest BCUT2D eigenvalue weighted by atomic mass is 32.1. The standard InChI is InChI=1S/C15H21N3O2S/c1-15(2)10-18(7-8-20-15)9-13(19)17-12-6-4-3-5-11(12)14(16)21/h3-6H,7-10H2,1-2H3,(H2,16,21)(H,17,19). The van der Waals surface area contributed by atoms with Gasteiger partial charge >= 0.3 is 0 Å². The van der Waals surface area contributed by atoms with E-state index < -0.39 is 0 Å². The van der Waals surface area contributed by atoms with E-state index >= 15 is 0 Å². The summed E-state index contributed by atoms with van der Waals surface area (Å²) in [5.41, 5.74) is 6.79. The number of morpholine rings is 1. The van der Waals surface area contributed by atoms with Gasteiger partial charge in [-0.1, -0.05) is 24.4 Å². The molecule has 0 spiro atoms. The molecule has 0 atom stereocenters. The van der Waals surface area contributed by atoms with Crippen molar-refractivity contribution in [3.63, 3.8) is 0 Å². The second-order valence-corrected chi connectivity index (χ2v) is 6.22. The Morgan fingerprint density at radius 2 is 2.19 bits per heavy atom. The van der Waals surface area contributed by atoms with Crippen molar-refractivity contribution in [1.82, 2.24) is 4.90 Å². The van der Waals surface area contributed by atoms with E-state index in [1.54, 1.807) is 12.1 Å². The molecule has 0 saturated carbocycles. The third-order valence-corrected chi connectivity index (χ3v) is 3.56. The molecule has 0 radical (unpaired) electrons. The molecule has 1 aliphatic rings. The molecule has 2 rings (SSSR count). The lowest BCUT2D eigenvalue weighted by molar-refractivity contribution is -0.122. The van der Waals surface area contributed by atoms with Gasteiger partial charge in [0.15, 0.2) is 0 Å². The molecule has 114 valence electrons. The summed E-state index contributed by atoms with van der Waals surface area (Å²) in [6.45, 7) is 6.52. The number of para-hydroxylation sites is 1. The average molecular weight is 307 g/mol. The quantitative estimate of drug-likeness (QED) is 0.822. The number of nitrogens with two attached hydrogens (primary N) is 1. The third-order valence-electron chi connectivity index (χ3n) is 3.34. The molecule has 1 saturated heterocycles. The van der Waals surface area contributed by atoms with Crippen LogP contribution in [0.25, 0.3) is 0 Å². The maximum absolute atomic E-state index is 12.2. The van der Waals surface area contributed by atoms with Gasteiger partial charge in [-0.05, 0) is 26.0 Å². The topological polar surface area (TPSA) is 67.6 Å². The first-order chi connectivity index (χ1) is 9.87. The van der Waals surface area contributed by atoms with E-state index in [-0.39, 0.29) is 16.5 Å². The summed E-state index contributed by atoms with van der Waals surface area (Å²) in [6.07, 6.45) is 0. The van der Waals surface area contributed by atoms with Gasteiger partial charge in [0.2, 0.25) is 5.91 Å². The summed E-state index contributed by atoms with van der Waals surface area (Å²) in [7, 11) is 0. The number of ether oxygens (including phenoxy) is 1. The van der Waals surface area contributed by atoms with Gasteiger partial charge in [0.25, 0.3) is 0 Å². The van der Waals surface area contributed by atoms with Gasteiger partial charge < -0.3 is 15.8 Å². The lowest BCUT2D eigenvalue weighted by Gasteiger charge is -2.37. The van der Waals surface area contributed by atoms with Gasteiger partial charge in [-0.15, -0.1) is 0 Å². The fourth-order valence-corrected chi connectivity index (χ4v) is 2.63. The van der Waals surface area contributed by atoms with Gasteiger partial charge in [0.1, 0.15) is 4.99 Å². The maximum Gasteiger partial charge on any atom is 0.238 e. The zero-order valence-electron chi connectivity index (χ0n) is 12.4. The molecule has 0 unspecified atom stereocenters. The largest absolute Gasteiger partial charge is 0.389 e. The van der Waals surface area contributed by atoms with Crippen LogP contribution in [-0.4, -0.2) is 47.6 Å². The normalized spacial score (nSPS) is 18.2. The van der Waals surface area contributed by atoms with Gasteiger partial charge in [-0.25, -0.2) is 0 Å². The second-order valence-electron chi connectivity index (χ2n) is 5.78. The highest BCUT2D eigenvalue weighted by Gasteiger charge is 2.28. The minimum atomic E-state index is -0.213. The lowest BCUT2D eigenvalue weighted by Crippen LogP contribution is -2.50. The number of anilines is 1. The van der Waals surface area contributed by atoms with Crippen LogP contribution in [0.3, 0.4) is 0 Å². The van der Waals surface area contributed by atoms with Crippen LogP contribution in [-0.2, 0) is 9.53 Å². The summed E-state index contributed by atoms with van der Waals surface area (Å²) in [6, 6.07) is 7.29. The Morgan fingerprint density at radius 3 is 2.86 bits per heavy atom. The van der Waals surface area contributed by atoms with Crippen molar-refractivity contribution in [2.24, 2.45) is 5.73 Å². The Kier molecular flexibility index (Phi) is 4.92. The van der Waals surface area contributed by atoms with Gasteiger partial charge in [0.05, 0.1) is 24.4 Å². The van der Waals surface area contributed by atoms with Crippen LogP contribution in [0.5, 0.6) is 0 Å². The van der Waals surface area contributed by atoms with Crippen molar-refractivity contribution >= 4 is 28.8 Å². The molecule has 1 aromatic carbocycles. The van der Waals surface area contributed by atoms with E-state index in [0.717, 1.165) is 13.1 Å². The van der Waals surface area contributed by atoms with Crippen LogP contribution in [0.15, 0.2) is 24.3 Å². The summed E-state index contributed by atoms with van der Waals surface area (Å²) < 4.78 is 5.64. The van der Waals surface area contributed by atoms with Crippen LogP contribution < -0.4 is 11.1 Å². The minimum Gasteiger partial charge on any atom is -0.389 e. The van der Waals surface area contributed by atoms with Crippen molar-refractivity contribution in [2.75, 3.05) is 31.6 Å². The van der Waals surface area contributed by atoms with Crippen LogP contribution in [0, 0.1) is 0 Å². The first-order valence-electron chi connectivity index (χ1n) is 6.92. The molecule has 0 aliphatic carbocycles. The van der Waals surface area contributed by atoms with E-state index in [4.69, 9.17) is 22.7 Å². The summed E-state index contributed by atoms with van der Waals surface area (Å²) in [4.78, 5) is 14.6. The monoisotopic (exact) mass is 307 g/mol. The Bertz CT molecular complexity index is 545. The van der Waals surface area contributed by atoms with Crippen molar-refractivity contribution in [1.29, 1.82) is 0 Å². The highest BCUT2D eigenvalue weighted by molar-refractivity contribution is 7.80. The highest BCUT2D eigenvalue weighted by Crippen LogP contribution is 2.17. The molecule has 1 fully saturated rings. The fraction of sp³-hybridized carbons (Fsp3) is 0.467. The van der Waals surface area contributed by atoms with E-state index in [1.165, 1.54) is 0 Å². The van der Waals surface area contributed by atoms with E-state index in [1.807, 2.05) is 26.0 Å². The predicted molar refractivity (Wildman–Crippen MR) is 87.4 cm³/mol. The van der Waals surface area contributed by atoms with Gasteiger partial charge in [0, 0.05) is 18.7 Å². The lowest BCUT2D eigenvalue weighted by atomic mass is 10.1. The van der Waals surface area contributed by atoms with E-state index in [2.05, 4.69) is 10.2 Å². The molecule has 21 heavy (non-hydrogen) atoms. The van der Waals surface area contributed by atoms with Crippen LogP contribution in [0.2, 0.25) is 0 Å². The second kappa shape index (κ2) is 6.51. The van der Waals surface area contributed by atoms with Gasteiger partial charge in [-0.2, -0.15) is 0 Å². The molecule has 6 heteroatoms. The molecule has 3 N–H and O–H groups in total. The first kappa shape index (κ1) is 15.9. The van der Waals surface area contributed by atoms with E-state index in [9.17, 15) is 4.79 Å². The number of nitrogens with zero attached hydrogens (tertiary/aromatic N) is 1. The SMILES string of the molecule is CC1(C)CN(CC(=O)Nc2ccccc2C(N)=S)CCO1. The van der Waals surface area contributed by atoms with Crippen LogP contribution in [0.4, 0.5) is 5.69 Å². The number of nitrogens with one attached hydrogen (secondary N) is 1. The van der Waals surface area contributed by atoms with Crippen LogP contribution in [0.1, 0.15) is 19.4 Å². The number of carbonyl (C=O) groups is 1. The molecular weight excluding hydrogens is 286 g/mol. The van der Waals surface area contributed by atoms with Crippen molar-refractivity contribution in [3.8, 4) is 0 Å². The molecule has 5 nitrogen and oxygen atoms in total. The Hall–Kier alpha value is -1.50. The molecule has 0 aromatic heterocycles. The molecule has 1 aliphatic heterocycles. The maximum atomic E-state index is 12.2. The zero-order valence-corrected chi connectivity index (χ0v) is 13.2. The number of hydrogen-bond donors (Lipinski definition) is 2. The first-order valence-corrected chi connectivity index (χ1v) is 7.33. The van der Waals surface area contributed by atoms with Crippen LogP contribution >= 0.6 is 12.2 Å². The summed E-state index contributed by atoms with van der Waals surface area (Å²) in [5, 5.41) is 2.88. The average Bonchev–Trinajstić information content (AvgIpc) is 2.37. The van der Waals surface area contributed by atoms with Gasteiger partial charge in [-0.3, -0.25) is 9.69 Å². The van der Waals surface area contributed by atoms with Crippen molar-refractivity contribution < 1.29 is 9.53 Å². The predicted octanol–water partition coefficient (Wildman–Crippen LogP) is 1.37. The van der Waals surface area contributed by atoms with Crippen molar-refractivity contribution in [2.45, 2.75) is 19.4 Å². The number of hydrogen-bond acceptors (Lipinski definition) is 4. The molecule has 1 amide bonds. The molecular formula is C15H21N3O2S. The Labute approximate surface area is 130 Å². The molecule has 0 bridgehead atoms. The number of benzene rings is 1. The zero-order chi connectivity index (χ0) is 15.5. The summed E-state index contributed by atoms with van der Waals surface area (Å²) >= 11 is 4.99. The Morgan fingerprint density at radius 1 is 1.48 bits per heavy atom. The number of amides is 1. The number of thiocarbonyl (C=S) groups is 1. The molecule has 1 heterocycles.